The first-order chi connectivity index (χ1) is 12.1. The van der Waals surface area contributed by atoms with Crippen molar-refractivity contribution in [3.05, 3.63) is 88.5 Å². The van der Waals surface area contributed by atoms with E-state index in [2.05, 4.69) is 10.3 Å². The number of carbonyl (C=O) groups excluding carboxylic acids is 1. The van der Waals surface area contributed by atoms with Crippen molar-refractivity contribution >= 4 is 33.3 Å². The fraction of sp³-hybridized carbons (Fsp3) is 0. The molecule has 3 aromatic carbocycles. The lowest BCUT2D eigenvalue weighted by molar-refractivity contribution is 0.102. The Morgan fingerprint density at radius 1 is 0.880 bits per heavy atom. The molecule has 1 heterocycles. The van der Waals surface area contributed by atoms with E-state index in [0.717, 1.165) is 10.8 Å². The average molecular weight is 332 g/mol. The maximum absolute atomic E-state index is 13.0. The summed E-state index contributed by atoms with van der Waals surface area (Å²) in [5.41, 5.74) is 1.52. The van der Waals surface area contributed by atoms with Crippen molar-refractivity contribution < 1.29 is 9.18 Å². The molecule has 0 bridgehead atoms. The van der Waals surface area contributed by atoms with Gasteiger partial charge in [0.1, 0.15) is 5.82 Å². The molecule has 0 aliphatic heterocycles. The van der Waals surface area contributed by atoms with Crippen molar-refractivity contribution in [1.82, 2.24) is 4.98 Å². The minimum Gasteiger partial charge on any atom is -0.322 e. The molecule has 0 spiro atoms. The zero-order valence-electron chi connectivity index (χ0n) is 13.0. The quantitative estimate of drug-likeness (QED) is 0.544. The maximum Gasteiger partial charge on any atom is 0.256 e. The molecule has 1 aromatic heterocycles. The van der Waals surface area contributed by atoms with Gasteiger partial charge >= 0.3 is 0 Å². The van der Waals surface area contributed by atoms with Crippen LogP contribution in [0, 0.1) is 5.82 Å². The summed E-state index contributed by atoms with van der Waals surface area (Å²) in [6, 6.07) is 17.9. The van der Waals surface area contributed by atoms with E-state index in [9.17, 15) is 14.0 Å². The first-order valence-electron chi connectivity index (χ1n) is 7.73. The molecule has 0 fully saturated rings. The molecular weight excluding hydrogens is 319 g/mol. The number of hydrogen-bond donors (Lipinski definition) is 2. The summed E-state index contributed by atoms with van der Waals surface area (Å²) >= 11 is 0. The minimum absolute atomic E-state index is 0.147. The molecule has 4 aromatic rings. The number of pyridine rings is 1. The number of anilines is 1. The second-order valence-corrected chi connectivity index (χ2v) is 5.72. The van der Waals surface area contributed by atoms with Crippen LogP contribution in [0.5, 0.6) is 0 Å². The minimum atomic E-state index is -0.391. The summed E-state index contributed by atoms with van der Waals surface area (Å²) in [7, 11) is 0. The van der Waals surface area contributed by atoms with Crippen LogP contribution in [0.1, 0.15) is 10.4 Å². The Morgan fingerprint density at radius 3 is 2.36 bits per heavy atom. The molecule has 4 nitrogen and oxygen atoms in total. The number of halogens is 1. The Morgan fingerprint density at radius 2 is 1.60 bits per heavy atom. The van der Waals surface area contributed by atoms with Crippen molar-refractivity contribution in [2.45, 2.75) is 0 Å². The SMILES string of the molecule is O=C(Nc1ccc2[nH]c(=O)c3ccccc3c2c1)c1ccc(F)cc1. The summed E-state index contributed by atoms with van der Waals surface area (Å²) in [6.45, 7) is 0. The fourth-order valence-corrected chi connectivity index (χ4v) is 2.86. The van der Waals surface area contributed by atoms with Gasteiger partial charge < -0.3 is 10.3 Å². The van der Waals surface area contributed by atoms with Gasteiger partial charge in [-0.3, -0.25) is 9.59 Å². The molecule has 25 heavy (non-hydrogen) atoms. The molecule has 1 amide bonds. The standard InChI is InChI=1S/C20H13FN2O2/c21-13-7-5-12(6-8-13)19(24)22-14-9-10-18-17(11-14)15-3-1-2-4-16(15)20(25)23-18/h1-11H,(H,22,24)(H,23,25). The molecule has 0 radical (unpaired) electrons. The summed E-state index contributed by atoms with van der Waals surface area (Å²) < 4.78 is 13.0. The number of carbonyl (C=O) groups is 1. The summed E-state index contributed by atoms with van der Waals surface area (Å²) in [4.78, 5) is 27.2. The molecule has 5 heteroatoms. The molecule has 2 N–H and O–H groups in total. The van der Waals surface area contributed by atoms with Gasteiger partial charge in [-0.1, -0.05) is 18.2 Å². The van der Waals surface area contributed by atoms with E-state index in [1.165, 1.54) is 24.3 Å². The topological polar surface area (TPSA) is 62.0 Å². The molecule has 0 saturated carbocycles. The highest BCUT2D eigenvalue weighted by molar-refractivity contribution is 6.09. The van der Waals surface area contributed by atoms with Crippen molar-refractivity contribution in [2.24, 2.45) is 0 Å². The molecule has 0 unspecified atom stereocenters. The van der Waals surface area contributed by atoms with E-state index < -0.39 is 5.82 Å². The molecule has 4 rings (SSSR count). The predicted molar refractivity (Wildman–Crippen MR) is 96.4 cm³/mol. The van der Waals surface area contributed by atoms with E-state index in [4.69, 9.17) is 0 Å². The third kappa shape index (κ3) is 2.76. The zero-order valence-corrected chi connectivity index (χ0v) is 13.0. The Hall–Kier alpha value is -3.47. The fourth-order valence-electron chi connectivity index (χ4n) is 2.86. The number of aromatic amines is 1. The van der Waals surface area contributed by atoms with Crippen molar-refractivity contribution in [3.63, 3.8) is 0 Å². The Balaban J connectivity index is 1.77. The first-order valence-corrected chi connectivity index (χ1v) is 7.73. The van der Waals surface area contributed by atoms with Crippen molar-refractivity contribution in [1.29, 1.82) is 0 Å². The normalized spacial score (nSPS) is 10.9. The van der Waals surface area contributed by atoms with Crippen LogP contribution in [-0.4, -0.2) is 10.9 Å². The van der Waals surface area contributed by atoms with Crippen LogP contribution < -0.4 is 10.9 Å². The number of fused-ring (bicyclic) bond motifs is 3. The summed E-state index contributed by atoms with van der Waals surface area (Å²) in [6.07, 6.45) is 0. The predicted octanol–water partition coefficient (Wildman–Crippen LogP) is 4.07. The average Bonchev–Trinajstić information content (AvgIpc) is 2.63. The van der Waals surface area contributed by atoms with Gasteiger partial charge in [0.15, 0.2) is 0 Å². The monoisotopic (exact) mass is 332 g/mol. The smallest absolute Gasteiger partial charge is 0.256 e. The molecule has 0 aliphatic rings. The van der Waals surface area contributed by atoms with Crippen LogP contribution in [0.2, 0.25) is 0 Å². The second-order valence-electron chi connectivity index (χ2n) is 5.72. The van der Waals surface area contributed by atoms with Crippen LogP contribution in [0.4, 0.5) is 10.1 Å². The van der Waals surface area contributed by atoms with Crippen molar-refractivity contribution in [2.75, 3.05) is 5.32 Å². The summed E-state index contributed by atoms with van der Waals surface area (Å²) in [5, 5.41) is 5.05. The number of H-pyrrole nitrogens is 1. The Labute approximate surface area is 141 Å². The maximum atomic E-state index is 13.0. The molecule has 0 aliphatic carbocycles. The van der Waals surface area contributed by atoms with Crippen LogP contribution in [-0.2, 0) is 0 Å². The van der Waals surface area contributed by atoms with Gasteiger partial charge in [-0.2, -0.15) is 0 Å². The number of hydrogen-bond acceptors (Lipinski definition) is 2. The highest BCUT2D eigenvalue weighted by atomic mass is 19.1. The lowest BCUT2D eigenvalue weighted by Crippen LogP contribution is -2.12. The number of benzene rings is 3. The van der Waals surface area contributed by atoms with E-state index in [0.29, 0.717) is 22.2 Å². The van der Waals surface area contributed by atoms with Gasteiger partial charge in [0.2, 0.25) is 0 Å². The second kappa shape index (κ2) is 5.87. The Kier molecular flexibility index (Phi) is 3.54. The lowest BCUT2D eigenvalue weighted by atomic mass is 10.1. The number of amides is 1. The first kappa shape index (κ1) is 15.1. The number of aromatic nitrogens is 1. The van der Waals surface area contributed by atoms with Crippen LogP contribution >= 0.6 is 0 Å². The van der Waals surface area contributed by atoms with Gasteiger partial charge in [-0.15, -0.1) is 0 Å². The molecular formula is C20H13FN2O2. The van der Waals surface area contributed by atoms with Gasteiger partial charge in [-0.05, 0) is 53.9 Å². The number of nitrogens with one attached hydrogen (secondary N) is 2. The van der Waals surface area contributed by atoms with Crippen molar-refractivity contribution in [3.8, 4) is 0 Å². The van der Waals surface area contributed by atoms with E-state index in [1.807, 2.05) is 24.3 Å². The highest BCUT2D eigenvalue weighted by Gasteiger charge is 2.09. The van der Waals surface area contributed by atoms with Gasteiger partial charge in [-0.25, -0.2) is 4.39 Å². The van der Waals surface area contributed by atoms with E-state index >= 15 is 0 Å². The number of rotatable bonds is 2. The lowest BCUT2D eigenvalue weighted by Gasteiger charge is -2.08. The molecule has 0 atom stereocenters. The van der Waals surface area contributed by atoms with Crippen LogP contribution in [0.3, 0.4) is 0 Å². The third-order valence-electron chi connectivity index (χ3n) is 4.09. The third-order valence-corrected chi connectivity index (χ3v) is 4.09. The highest BCUT2D eigenvalue weighted by Crippen LogP contribution is 2.24. The van der Waals surface area contributed by atoms with Crippen LogP contribution in [0.15, 0.2) is 71.5 Å². The molecule has 0 saturated heterocycles. The van der Waals surface area contributed by atoms with Gasteiger partial charge in [0.05, 0.1) is 0 Å². The summed E-state index contributed by atoms with van der Waals surface area (Å²) in [5.74, 6) is -0.717. The van der Waals surface area contributed by atoms with Gasteiger partial charge in [0, 0.05) is 27.5 Å². The zero-order chi connectivity index (χ0) is 17.4. The van der Waals surface area contributed by atoms with E-state index in [-0.39, 0.29) is 11.5 Å². The van der Waals surface area contributed by atoms with E-state index in [1.54, 1.807) is 18.2 Å². The largest absolute Gasteiger partial charge is 0.322 e. The van der Waals surface area contributed by atoms with Crippen LogP contribution in [0.25, 0.3) is 21.7 Å². The Bertz CT molecular complexity index is 1160. The van der Waals surface area contributed by atoms with Gasteiger partial charge in [0.25, 0.3) is 11.5 Å². The molecule has 122 valence electrons.